The second-order valence-electron chi connectivity index (χ2n) is 11.4. The molecule has 0 unspecified atom stereocenters. The predicted molar refractivity (Wildman–Crippen MR) is 132 cm³/mol. The number of aliphatic hydroxyl groups excluding tert-OH is 1. The highest BCUT2D eigenvalue weighted by Crippen LogP contribution is 2.73. The van der Waals surface area contributed by atoms with E-state index in [1.807, 2.05) is 23.9 Å². The highest BCUT2D eigenvalue weighted by Gasteiger charge is 2.68. The van der Waals surface area contributed by atoms with Crippen LogP contribution in [-0.4, -0.2) is 38.7 Å². The smallest absolute Gasteiger partial charge is 0.159 e. The molecule has 178 valence electrons. The molecule has 1 aromatic carbocycles. The van der Waals surface area contributed by atoms with E-state index in [4.69, 9.17) is 0 Å². The van der Waals surface area contributed by atoms with Gasteiger partial charge >= 0.3 is 0 Å². The number of fused-ring (bicyclic) bond motifs is 4. The topological polar surface area (TPSA) is 74.6 Å². The normalized spacial score (nSPS) is 41.8. The molecule has 34 heavy (non-hydrogen) atoms. The fourth-order valence-corrected chi connectivity index (χ4v) is 10.4. The molecule has 0 saturated heterocycles. The predicted octanol–water partition coefficient (Wildman–Crippen LogP) is 4.68. The second kappa shape index (κ2) is 7.56. The van der Waals surface area contributed by atoms with Crippen molar-refractivity contribution in [3.05, 3.63) is 41.0 Å². The summed E-state index contributed by atoms with van der Waals surface area (Å²) in [6, 6.07) is 6.17. The number of hydrogen-bond donors (Lipinski definition) is 2. The second-order valence-corrected chi connectivity index (χ2v) is 12.7. The molecule has 1 heterocycles. The van der Waals surface area contributed by atoms with Gasteiger partial charge in [-0.25, -0.2) is 0 Å². The van der Waals surface area contributed by atoms with Gasteiger partial charge in [-0.3, -0.25) is 9.59 Å². The van der Waals surface area contributed by atoms with E-state index in [0.717, 1.165) is 37.7 Å². The molecular formula is C29H32O4S. The Morgan fingerprint density at radius 2 is 2.06 bits per heavy atom. The van der Waals surface area contributed by atoms with Gasteiger partial charge in [0.25, 0.3) is 0 Å². The quantitative estimate of drug-likeness (QED) is 0.455. The molecule has 6 rings (SSSR count). The van der Waals surface area contributed by atoms with Crippen molar-refractivity contribution >= 4 is 23.3 Å². The van der Waals surface area contributed by atoms with E-state index in [1.165, 1.54) is 16.0 Å². The van der Waals surface area contributed by atoms with Gasteiger partial charge in [-0.1, -0.05) is 30.9 Å². The lowest BCUT2D eigenvalue weighted by Crippen LogP contribution is -2.60. The first-order valence-electron chi connectivity index (χ1n) is 12.6. The van der Waals surface area contributed by atoms with Gasteiger partial charge in [0, 0.05) is 27.0 Å². The molecule has 7 atom stereocenters. The molecule has 0 radical (unpaired) electrons. The first-order chi connectivity index (χ1) is 16.2. The van der Waals surface area contributed by atoms with E-state index >= 15 is 0 Å². The molecule has 1 aliphatic heterocycles. The molecule has 5 aliphatic rings. The monoisotopic (exact) mass is 476 g/mol. The minimum absolute atomic E-state index is 0.0687. The van der Waals surface area contributed by atoms with Gasteiger partial charge < -0.3 is 10.2 Å². The Labute approximate surface area is 205 Å². The number of hydrogen-bond acceptors (Lipinski definition) is 5. The number of thioether (sulfide) groups is 1. The zero-order valence-electron chi connectivity index (χ0n) is 19.9. The largest absolute Gasteiger partial charge is 0.384 e. The van der Waals surface area contributed by atoms with Crippen LogP contribution in [0.25, 0.3) is 0 Å². The maximum Gasteiger partial charge on any atom is 0.159 e. The number of Topliss-reactive ketones (excluding diaryl/α,β-unsaturated/α-hetero) is 1. The van der Waals surface area contributed by atoms with Gasteiger partial charge in [-0.15, -0.1) is 11.8 Å². The van der Waals surface area contributed by atoms with Crippen LogP contribution in [0.1, 0.15) is 80.6 Å². The Morgan fingerprint density at radius 3 is 2.82 bits per heavy atom. The van der Waals surface area contributed by atoms with Crippen LogP contribution in [-0.2, 0) is 4.79 Å². The number of aliphatic hydroxyl groups is 2. The van der Waals surface area contributed by atoms with Crippen LogP contribution in [0.2, 0.25) is 0 Å². The maximum absolute atomic E-state index is 12.4. The average Bonchev–Trinajstić information content (AvgIpc) is 3.08. The Bertz CT molecular complexity index is 1190. The van der Waals surface area contributed by atoms with E-state index in [9.17, 15) is 19.8 Å². The van der Waals surface area contributed by atoms with Crippen molar-refractivity contribution in [2.24, 2.45) is 23.2 Å². The first kappa shape index (κ1) is 22.6. The average molecular weight is 477 g/mol. The lowest BCUT2D eigenvalue weighted by Gasteiger charge is -2.64. The van der Waals surface area contributed by atoms with Crippen molar-refractivity contribution < 1.29 is 19.8 Å². The number of benzene rings is 1. The van der Waals surface area contributed by atoms with Crippen LogP contribution in [0.4, 0.5) is 0 Å². The Hall–Kier alpha value is -1.87. The Morgan fingerprint density at radius 1 is 1.24 bits per heavy atom. The van der Waals surface area contributed by atoms with Gasteiger partial charge in [0.1, 0.15) is 12.2 Å². The summed E-state index contributed by atoms with van der Waals surface area (Å²) in [5.74, 6) is 7.68. The van der Waals surface area contributed by atoms with Crippen LogP contribution >= 0.6 is 11.8 Å². The minimum atomic E-state index is -1.10. The zero-order valence-corrected chi connectivity index (χ0v) is 20.7. The zero-order chi connectivity index (χ0) is 23.9. The molecule has 1 aromatic rings. The van der Waals surface area contributed by atoms with E-state index in [0.29, 0.717) is 30.6 Å². The fraction of sp³-hybridized carbons (Fsp3) is 0.586. The third-order valence-electron chi connectivity index (χ3n) is 10.0. The Kier molecular flexibility index (Phi) is 5.02. The van der Waals surface area contributed by atoms with E-state index < -0.39 is 5.60 Å². The molecule has 4 nitrogen and oxygen atoms in total. The summed E-state index contributed by atoms with van der Waals surface area (Å²) in [5.41, 5.74) is 1.87. The summed E-state index contributed by atoms with van der Waals surface area (Å²) < 4.78 is -0.0945. The first-order valence-corrected chi connectivity index (χ1v) is 13.5. The van der Waals surface area contributed by atoms with Crippen molar-refractivity contribution in [1.82, 2.24) is 0 Å². The van der Waals surface area contributed by atoms with Gasteiger partial charge in [-0.2, -0.15) is 0 Å². The van der Waals surface area contributed by atoms with E-state index in [2.05, 4.69) is 30.9 Å². The molecule has 4 aliphatic carbocycles. The highest BCUT2D eigenvalue weighted by atomic mass is 32.2. The van der Waals surface area contributed by atoms with Crippen molar-refractivity contribution in [3.8, 4) is 11.8 Å². The molecule has 3 fully saturated rings. The maximum atomic E-state index is 12.4. The van der Waals surface area contributed by atoms with Gasteiger partial charge in [0.15, 0.2) is 11.6 Å². The van der Waals surface area contributed by atoms with Crippen LogP contribution in [0, 0.1) is 35.0 Å². The summed E-state index contributed by atoms with van der Waals surface area (Å²) >= 11 is 1.91. The molecular weight excluding hydrogens is 444 g/mol. The molecule has 1 spiro atoms. The van der Waals surface area contributed by atoms with Gasteiger partial charge in [0.05, 0.1) is 0 Å². The van der Waals surface area contributed by atoms with Crippen LogP contribution in [0.15, 0.2) is 34.7 Å². The fourth-order valence-electron chi connectivity index (χ4n) is 8.53. The number of ketones is 2. The molecule has 5 heteroatoms. The van der Waals surface area contributed by atoms with Crippen molar-refractivity contribution in [2.75, 3.05) is 6.61 Å². The van der Waals surface area contributed by atoms with Gasteiger partial charge in [-0.05, 0) is 92.4 Å². The van der Waals surface area contributed by atoms with Crippen molar-refractivity contribution in [2.45, 2.75) is 80.0 Å². The number of rotatable bonds is 1. The molecule has 2 N–H and O–H groups in total. The summed E-state index contributed by atoms with van der Waals surface area (Å²) in [6.45, 7) is 3.60. The summed E-state index contributed by atoms with van der Waals surface area (Å²) in [7, 11) is 0. The van der Waals surface area contributed by atoms with Crippen molar-refractivity contribution in [3.63, 3.8) is 0 Å². The van der Waals surface area contributed by atoms with E-state index in [-0.39, 0.29) is 34.3 Å². The van der Waals surface area contributed by atoms with Crippen LogP contribution in [0.5, 0.6) is 0 Å². The SMILES string of the molecule is CC(=O)c1ccc2c(c1)S[C@]13CCC(=O)C=C1CC[C@@H]1[C@@H]3[C@@H]2C[C@@]2(C)[C@H]1CC[C@@]2(O)C#CCO. The molecule has 0 aromatic heterocycles. The molecule has 0 bridgehead atoms. The van der Waals surface area contributed by atoms with Crippen LogP contribution in [0.3, 0.4) is 0 Å². The van der Waals surface area contributed by atoms with Crippen LogP contribution < -0.4 is 0 Å². The minimum Gasteiger partial charge on any atom is -0.384 e. The third kappa shape index (κ3) is 2.89. The number of carbonyl (C=O) groups is 2. The highest BCUT2D eigenvalue weighted by molar-refractivity contribution is 8.01. The van der Waals surface area contributed by atoms with Crippen molar-refractivity contribution in [1.29, 1.82) is 0 Å². The summed E-state index contributed by atoms with van der Waals surface area (Å²) in [4.78, 5) is 25.8. The Balaban J connectivity index is 1.55. The summed E-state index contributed by atoms with van der Waals surface area (Å²) in [5, 5.41) is 21.2. The molecule has 0 amide bonds. The summed E-state index contributed by atoms with van der Waals surface area (Å²) in [6.07, 6.45) is 7.81. The van der Waals surface area contributed by atoms with E-state index in [1.54, 1.807) is 6.92 Å². The third-order valence-corrected chi connectivity index (χ3v) is 11.7. The lowest BCUT2D eigenvalue weighted by molar-refractivity contribution is -0.116. The standard InChI is InChI=1S/C29H32O4S/c1-17(31)18-4-6-21-23-16-27(2)24(9-11-28(27,33)10-3-13-30)22-7-5-19-15-20(32)8-12-29(19,26(22)23)34-25(21)14-18/h4,6,14-15,22-24,26,30,33H,5,7-9,11-13,16H2,1-2H3/t22-,23+,24-,26+,27-,28-,29+/m0/s1. The van der Waals surface area contributed by atoms with Gasteiger partial charge in [0.2, 0.25) is 0 Å². The lowest BCUT2D eigenvalue weighted by atomic mass is 9.46. The molecule has 3 saturated carbocycles. The number of carbonyl (C=O) groups excluding carboxylic acids is 2.